The molecule has 1 amide bonds. The smallest absolute Gasteiger partial charge is 0.255 e. The highest BCUT2D eigenvalue weighted by Crippen LogP contribution is 2.28. The molecule has 18 heavy (non-hydrogen) atoms. The Balaban J connectivity index is 2.23. The fourth-order valence-corrected chi connectivity index (χ4v) is 2.53. The van der Waals surface area contributed by atoms with Crippen molar-refractivity contribution in [3.63, 3.8) is 0 Å². The van der Waals surface area contributed by atoms with Crippen molar-refractivity contribution < 1.29 is 9.90 Å². The van der Waals surface area contributed by atoms with Gasteiger partial charge in [-0.15, -0.1) is 0 Å². The number of anilines is 1. The number of nitrogen functional groups attached to an aromatic ring is 1. The zero-order valence-corrected chi connectivity index (χ0v) is 11.7. The van der Waals surface area contributed by atoms with Gasteiger partial charge in [0.25, 0.3) is 5.91 Å². The highest BCUT2D eigenvalue weighted by Gasteiger charge is 2.29. The summed E-state index contributed by atoms with van der Waals surface area (Å²) in [6.45, 7) is 0.368. The third kappa shape index (κ3) is 2.67. The summed E-state index contributed by atoms with van der Waals surface area (Å²) in [7, 11) is 0. The number of aliphatic hydroxyl groups is 1. The molecule has 0 aromatic heterocycles. The minimum atomic E-state index is -0.0621. The Kier molecular flexibility index (Phi) is 4.24. The van der Waals surface area contributed by atoms with Crippen molar-refractivity contribution in [1.29, 1.82) is 0 Å². The molecule has 1 saturated carbocycles. The summed E-state index contributed by atoms with van der Waals surface area (Å²) < 4.78 is 0.740. The second-order valence-corrected chi connectivity index (χ2v) is 5.40. The van der Waals surface area contributed by atoms with Crippen LogP contribution in [-0.4, -0.2) is 35.1 Å². The maximum absolute atomic E-state index is 12.5. The Morgan fingerprint density at radius 2 is 2.22 bits per heavy atom. The molecule has 0 unspecified atom stereocenters. The number of amides is 1. The van der Waals surface area contributed by atoms with Crippen molar-refractivity contribution in [2.24, 2.45) is 0 Å². The van der Waals surface area contributed by atoms with E-state index in [2.05, 4.69) is 15.9 Å². The number of hydrogen-bond donors (Lipinski definition) is 2. The third-order valence-corrected chi connectivity index (χ3v) is 4.03. The predicted octanol–water partition coefficient (Wildman–Crippen LogP) is 2.02. The molecule has 0 bridgehead atoms. The van der Waals surface area contributed by atoms with E-state index in [1.54, 1.807) is 23.1 Å². The summed E-state index contributed by atoms with van der Waals surface area (Å²) in [4.78, 5) is 14.2. The number of nitrogens with zero attached hydrogens (tertiary/aromatic N) is 1. The summed E-state index contributed by atoms with van der Waals surface area (Å²) in [5, 5.41) is 9.09. The third-order valence-electron chi connectivity index (χ3n) is 3.34. The van der Waals surface area contributed by atoms with E-state index >= 15 is 0 Å². The van der Waals surface area contributed by atoms with Gasteiger partial charge in [-0.1, -0.05) is 0 Å². The first kappa shape index (κ1) is 13.4. The van der Waals surface area contributed by atoms with Crippen LogP contribution in [0, 0.1) is 0 Å². The van der Waals surface area contributed by atoms with E-state index in [9.17, 15) is 4.79 Å². The van der Waals surface area contributed by atoms with Gasteiger partial charge in [-0.2, -0.15) is 0 Å². The predicted molar refractivity (Wildman–Crippen MR) is 74.3 cm³/mol. The lowest BCUT2D eigenvalue weighted by Crippen LogP contribution is -2.45. The second kappa shape index (κ2) is 5.71. The zero-order chi connectivity index (χ0) is 13.1. The van der Waals surface area contributed by atoms with Gasteiger partial charge in [0.05, 0.1) is 12.2 Å². The highest BCUT2D eigenvalue weighted by molar-refractivity contribution is 9.10. The van der Waals surface area contributed by atoms with Crippen LogP contribution in [0.2, 0.25) is 0 Å². The highest BCUT2D eigenvalue weighted by atomic mass is 79.9. The molecule has 1 aromatic carbocycles. The Labute approximate surface area is 115 Å². The Bertz CT molecular complexity index is 447. The van der Waals surface area contributed by atoms with E-state index in [0.717, 1.165) is 23.7 Å². The van der Waals surface area contributed by atoms with Crippen LogP contribution in [0.1, 0.15) is 29.6 Å². The maximum Gasteiger partial charge on any atom is 0.255 e. The van der Waals surface area contributed by atoms with Gasteiger partial charge >= 0.3 is 0 Å². The molecule has 1 aromatic rings. The zero-order valence-electron chi connectivity index (χ0n) is 10.1. The molecular formula is C13H17BrN2O2. The maximum atomic E-state index is 12.5. The molecule has 0 spiro atoms. The van der Waals surface area contributed by atoms with Crippen molar-refractivity contribution in [1.82, 2.24) is 4.90 Å². The number of nitrogens with two attached hydrogens (primary N) is 1. The minimum Gasteiger partial charge on any atom is -0.399 e. The molecule has 1 aliphatic carbocycles. The summed E-state index contributed by atoms with van der Waals surface area (Å²) in [5.41, 5.74) is 6.85. The minimum absolute atomic E-state index is 0.0117. The van der Waals surface area contributed by atoms with Gasteiger partial charge in [0, 0.05) is 22.7 Å². The molecule has 98 valence electrons. The van der Waals surface area contributed by atoms with Crippen molar-refractivity contribution >= 4 is 27.5 Å². The lowest BCUT2D eigenvalue weighted by atomic mass is 9.91. The van der Waals surface area contributed by atoms with Crippen LogP contribution in [0.4, 0.5) is 5.69 Å². The van der Waals surface area contributed by atoms with E-state index in [-0.39, 0.29) is 18.6 Å². The summed E-state index contributed by atoms with van der Waals surface area (Å²) in [6, 6.07) is 5.47. The van der Waals surface area contributed by atoms with Gasteiger partial charge in [-0.05, 0) is 53.4 Å². The first-order valence-corrected chi connectivity index (χ1v) is 6.89. The van der Waals surface area contributed by atoms with E-state index in [1.165, 1.54) is 0 Å². The van der Waals surface area contributed by atoms with Crippen LogP contribution < -0.4 is 5.73 Å². The Hall–Kier alpha value is -1.07. The summed E-state index contributed by atoms with van der Waals surface area (Å²) in [5.74, 6) is -0.0621. The number of rotatable bonds is 4. The summed E-state index contributed by atoms with van der Waals surface area (Å²) >= 11 is 3.37. The molecule has 0 aliphatic heterocycles. The monoisotopic (exact) mass is 312 g/mol. The molecular weight excluding hydrogens is 296 g/mol. The Morgan fingerprint density at radius 1 is 1.50 bits per heavy atom. The van der Waals surface area contributed by atoms with Crippen LogP contribution >= 0.6 is 15.9 Å². The van der Waals surface area contributed by atoms with Gasteiger partial charge < -0.3 is 15.7 Å². The van der Waals surface area contributed by atoms with Crippen molar-refractivity contribution in [3.8, 4) is 0 Å². The molecule has 0 saturated heterocycles. The lowest BCUT2D eigenvalue weighted by Gasteiger charge is -2.37. The molecule has 4 nitrogen and oxygen atoms in total. The van der Waals surface area contributed by atoms with Crippen LogP contribution in [-0.2, 0) is 0 Å². The van der Waals surface area contributed by atoms with Crippen LogP contribution in [0.25, 0.3) is 0 Å². The van der Waals surface area contributed by atoms with E-state index < -0.39 is 0 Å². The normalized spacial score (nSPS) is 15.2. The van der Waals surface area contributed by atoms with Gasteiger partial charge in [0.1, 0.15) is 0 Å². The molecule has 3 N–H and O–H groups in total. The molecule has 5 heteroatoms. The first-order chi connectivity index (χ1) is 8.63. The van der Waals surface area contributed by atoms with E-state index in [4.69, 9.17) is 10.8 Å². The quantitative estimate of drug-likeness (QED) is 0.836. The average Bonchev–Trinajstić information content (AvgIpc) is 2.28. The number of carbonyl (C=O) groups excluding carboxylic acids is 1. The molecule has 2 rings (SSSR count). The SMILES string of the molecule is Nc1ccc(Br)c(C(=O)N(CCO)C2CCC2)c1. The number of benzene rings is 1. The average molecular weight is 313 g/mol. The van der Waals surface area contributed by atoms with Crippen molar-refractivity contribution in [2.75, 3.05) is 18.9 Å². The largest absolute Gasteiger partial charge is 0.399 e. The molecule has 1 fully saturated rings. The van der Waals surface area contributed by atoms with Gasteiger partial charge in [-0.3, -0.25) is 4.79 Å². The Morgan fingerprint density at radius 3 is 2.78 bits per heavy atom. The number of carbonyl (C=O) groups is 1. The fraction of sp³-hybridized carbons (Fsp3) is 0.462. The summed E-state index contributed by atoms with van der Waals surface area (Å²) in [6.07, 6.45) is 3.19. The number of aliphatic hydroxyl groups excluding tert-OH is 1. The lowest BCUT2D eigenvalue weighted by molar-refractivity contribution is 0.0525. The fourth-order valence-electron chi connectivity index (χ4n) is 2.12. The first-order valence-electron chi connectivity index (χ1n) is 6.10. The van der Waals surface area contributed by atoms with E-state index in [0.29, 0.717) is 17.8 Å². The topological polar surface area (TPSA) is 66.6 Å². The van der Waals surface area contributed by atoms with Crippen LogP contribution in [0.3, 0.4) is 0 Å². The van der Waals surface area contributed by atoms with E-state index in [1.807, 2.05) is 0 Å². The van der Waals surface area contributed by atoms with Crippen molar-refractivity contribution in [3.05, 3.63) is 28.2 Å². The van der Waals surface area contributed by atoms with Crippen LogP contribution in [0.5, 0.6) is 0 Å². The van der Waals surface area contributed by atoms with Gasteiger partial charge in [0.15, 0.2) is 0 Å². The number of hydrogen-bond acceptors (Lipinski definition) is 3. The van der Waals surface area contributed by atoms with Gasteiger partial charge in [-0.25, -0.2) is 0 Å². The molecule has 1 aliphatic rings. The van der Waals surface area contributed by atoms with Gasteiger partial charge in [0.2, 0.25) is 0 Å². The molecule has 0 heterocycles. The van der Waals surface area contributed by atoms with Crippen LogP contribution in [0.15, 0.2) is 22.7 Å². The standard InChI is InChI=1S/C13H17BrN2O2/c14-12-5-4-9(15)8-11(12)13(18)16(6-7-17)10-2-1-3-10/h4-5,8,10,17H,1-3,6-7,15H2. The number of halogens is 1. The van der Waals surface area contributed by atoms with Crippen molar-refractivity contribution in [2.45, 2.75) is 25.3 Å². The second-order valence-electron chi connectivity index (χ2n) is 4.55. The molecule has 0 radical (unpaired) electrons. The molecule has 0 atom stereocenters.